The number of carbonyl (C=O) groups is 2. The van der Waals surface area contributed by atoms with Gasteiger partial charge in [0.2, 0.25) is 0 Å². The molecule has 1 unspecified atom stereocenters. The summed E-state index contributed by atoms with van der Waals surface area (Å²) in [5.74, 6) is 4.63. The van der Waals surface area contributed by atoms with Crippen LogP contribution in [0, 0.1) is 23.7 Å². The molecule has 1 saturated carbocycles. The second-order valence-electron chi connectivity index (χ2n) is 7.30. The minimum absolute atomic E-state index is 0.0313. The number of hydrogen-bond donors (Lipinski definition) is 2. The van der Waals surface area contributed by atoms with Gasteiger partial charge in [-0.05, 0) is 12.3 Å². The molecule has 27 heavy (non-hydrogen) atoms. The number of ether oxygens (including phenoxy) is 1. The maximum Gasteiger partial charge on any atom is 0.306 e. The van der Waals surface area contributed by atoms with Crippen LogP contribution in [-0.2, 0) is 14.3 Å². The summed E-state index contributed by atoms with van der Waals surface area (Å²) in [6, 6.07) is 0. The van der Waals surface area contributed by atoms with Crippen molar-refractivity contribution in [2.45, 2.75) is 90.4 Å². The summed E-state index contributed by atoms with van der Waals surface area (Å²) in [7, 11) is 0. The van der Waals surface area contributed by atoms with Gasteiger partial charge in [0.05, 0.1) is 12.2 Å². The van der Waals surface area contributed by atoms with Crippen LogP contribution in [0.1, 0.15) is 72.1 Å². The first kappa shape index (κ1) is 23.4. The van der Waals surface area contributed by atoms with Crippen molar-refractivity contribution in [2.24, 2.45) is 11.8 Å². The lowest BCUT2D eigenvalue weighted by atomic mass is 9.97. The van der Waals surface area contributed by atoms with Crippen LogP contribution in [0.2, 0.25) is 0 Å². The molecular formula is C22H34O5. The van der Waals surface area contributed by atoms with Crippen LogP contribution < -0.4 is 0 Å². The summed E-state index contributed by atoms with van der Waals surface area (Å²) in [6.07, 6.45) is 6.05. The van der Waals surface area contributed by atoms with Crippen LogP contribution in [0.4, 0.5) is 0 Å². The van der Waals surface area contributed by atoms with Crippen molar-refractivity contribution in [2.75, 3.05) is 0 Å². The Balaban J connectivity index is 2.62. The van der Waals surface area contributed by atoms with Crippen molar-refractivity contribution in [3.8, 4) is 11.8 Å². The number of hydrogen-bond acceptors (Lipinski definition) is 5. The van der Waals surface area contributed by atoms with Gasteiger partial charge in [0, 0.05) is 31.6 Å². The van der Waals surface area contributed by atoms with Crippen molar-refractivity contribution in [1.82, 2.24) is 0 Å². The molecule has 0 radical (unpaired) electrons. The van der Waals surface area contributed by atoms with E-state index < -0.39 is 30.2 Å². The highest BCUT2D eigenvalue weighted by atomic mass is 16.5. The third kappa shape index (κ3) is 8.28. The van der Waals surface area contributed by atoms with Crippen molar-refractivity contribution in [1.29, 1.82) is 0 Å². The lowest BCUT2D eigenvalue weighted by molar-refractivity contribution is -0.155. The predicted octanol–water partition coefficient (Wildman–Crippen LogP) is 3.18. The highest BCUT2D eigenvalue weighted by molar-refractivity contribution is 5.89. The normalized spacial score (nSPS) is 24.5. The molecule has 0 spiro atoms. The van der Waals surface area contributed by atoms with E-state index in [0.717, 1.165) is 32.1 Å². The number of unbranched alkanes of at least 4 members (excludes halogenated alkanes) is 3. The summed E-state index contributed by atoms with van der Waals surface area (Å²) in [5, 5.41) is 20.4. The van der Waals surface area contributed by atoms with Crippen LogP contribution in [0.15, 0.2) is 12.2 Å². The predicted molar refractivity (Wildman–Crippen MR) is 105 cm³/mol. The molecule has 1 aliphatic carbocycles. The highest BCUT2D eigenvalue weighted by Crippen LogP contribution is 2.28. The van der Waals surface area contributed by atoms with E-state index in [9.17, 15) is 19.8 Å². The zero-order valence-corrected chi connectivity index (χ0v) is 16.8. The number of ketones is 1. The van der Waals surface area contributed by atoms with Crippen molar-refractivity contribution >= 4 is 11.8 Å². The summed E-state index contributed by atoms with van der Waals surface area (Å²) >= 11 is 0. The van der Waals surface area contributed by atoms with Gasteiger partial charge in [0.1, 0.15) is 0 Å². The van der Waals surface area contributed by atoms with Gasteiger partial charge in [-0.2, -0.15) is 0 Å². The SMILES string of the molecule is CCC#CC[C@H](C)C(O)/C=C/[C@@H]1[C@H](O)CC(=O)[C@@H]1OC(=O)CCCCCC. The summed E-state index contributed by atoms with van der Waals surface area (Å²) in [4.78, 5) is 24.1. The molecule has 0 heterocycles. The van der Waals surface area contributed by atoms with Gasteiger partial charge < -0.3 is 14.9 Å². The van der Waals surface area contributed by atoms with Crippen LogP contribution in [0.3, 0.4) is 0 Å². The zero-order valence-electron chi connectivity index (χ0n) is 16.8. The minimum atomic E-state index is -0.961. The molecule has 1 aliphatic rings. The van der Waals surface area contributed by atoms with Crippen molar-refractivity contribution in [3.05, 3.63) is 12.2 Å². The first-order valence-corrected chi connectivity index (χ1v) is 10.1. The molecule has 1 fully saturated rings. The highest BCUT2D eigenvalue weighted by Gasteiger charge is 2.42. The molecule has 1 rings (SSSR count). The molecule has 0 aliphatic heterocycles. The maximum atomic E-state index is 12.1. The Morgan fingerprint density at radius 3 is 2.70 bits per heavy atom. The van der Waals surface area contributed by atoms with Crippen molar-refractivity contribution in [3.63, 3.8) is 0 Å². The average Bonchev–Trinajstić information content (AvgIpc) is 2.89. The smallest absolute Gasteiger partial charge is 0.306 e. The Bertz CT molecular complexity index is 557. The molecule has 0 aromatic heterocycles. The van der Waals surface area contributed by atoms with E-state index in [0.29, 0.717) is 6.42 Å². The van der Waals surface area contributed by atoms with E-state index >= 15 is 0 Å². The quantitative estimate of drug-likeness (QED) is 0.264. The third-order valence-corrected chi connectivity index (χ3v) is 4.85. The van der Waals surface area contributed by atoms with Gasteiger partial charge in [-0.3, -0.25) is 9.59 Å². The molecule has 0 aromatic rings. The van der Waals surface area contributed by atoms with Crippen LogP contribution >= 0.6 is 0 Å². The fraction of sp³-hybridized carbons (Fsp3) is 0.727. The first-order valence-electron chi connectivity index (χ1n) is 10.1. The number of aliphatic hydroxyl groups excluding tert-OH is 2. The molecule has 2 N–H and O–H groups in total. The minimum Gasteiger partial charge on any atom is -0.454 e. The molecule has 0 aromatic carbocycles. The topological polar surface area (TPSA) is 83.8 Å². The van der Waals surface area contributed by atoms with Gasteiger partial charge in [0.25, 0.3) is 0 Å². The molecule has 5 heteroatoms. The van der Waals surface area contributed by atoms with Gasteiger partial charge in [-0.25, -0.2) is 0 Å². The summed E-state index contributed by atoms with van der Waals surface area (Å²) in [5.41, 5.74) is 0. The first-order chi connectivity index (χ1) is 12.9. The second kappa shape index (κ2) is 12.7. The molecule has 5 nitrogen and oxygen atoms in total. The van der Waals surface area contributed by atoms with Crippen LogP contribution in [-0.4, -0.2) is 40.3 Å². The summed E-state index contributed by atoms with van der Waals surface area (Å²) in [6.45, 7) is 5.96. The number of aliphatic hydroxyl groups is 2. The second-order valence-corrected chi connectivity index (χ2v) is 7.30. The standard InChI is InChI=1S/C22H34O5/c1-4-6-8-10-12-21(26)27-22-17(19(24)15-20(22)25)13-14-18(23)16(3)11-9-7-5-2/h13-14,16-19,22-24H,4-6,8,10-12,15H2,1-3H3/b14-13+/t16-,17+,18?,19+,22+/m0/s1. The molecule has 152 valence electrons. The largest absolute Gasteiger partial charge is 0.454 e. The fourth-order valence-corrected chi connectivity index (χ4v) is 3.06. The lowest BCUT2D eigenvalue weighted by Crippen LogP contribution is -2.30. The van der Waals surface area contributed by atoms with Crippen LogP contribution in [0.25, 0.3) is 0 Å². The Labute approximate surface area is 163 Å². The zero-order chi connectivity index (χ0) is 20.2. The van der Waals surface area contributed by atoms with E-state index in [2.05, 4.69) is 18.8 Å². The Kier molecular flexibility index (Phi) is 11.0. The Morgan fingerprint density at radius 1 is 1.30 bits per heavy atom. The number of esters is 1. The molecule has 0 saturated heterocycles. The van der Waals surface area contributed by atoms with Gasteiger partial charge in [-0.15, -0.1) is 11.8 Å². The number of rotatable bonds is 10. The Hall–Kier alpha value is -1.64. The molecule has 0 bridgehead atoms. The van der Waals surface area contributed by atoms with E-state index in [4.69, 9.17) is 4.74 Å². The number of Topliss-reactive ketones (excluding diaryl/α,β-unsaturated/α-hetero) is 1. The third-order valence-electron chi connectivity index (χ3n) is 4.85. The average molecular weight is 379 g/mol. The van der Waals surface area contributed by atoms with E-state index in [1.54, 1.807) is 12.2 Å². The maximum absolute atomic E-state index is 12.1. The number of carbonyl (C=O) groups excluding carboxylic acids is 2. The Morgan fingerprint density at radius 2 is 2.04 bits per heavy atom. The summed E-state index contributed by atoms with van der Waals surface area (Å²) < 4.78 is 5.36. The van der Waals surface area contributed by atoms with Crippen LogP contribution in [0.5, 0.6) is 0 Å². The van der Waals surface area contributed by atoms with E-state index in [1.807, 2.05) is 13.8 Å². The monoisotopic (exact) mass is 378 g/mol. The van der Waals surface area contributed by atoms with Crippen molar-refractivity contribution < 1.29 is 24.5 Å². The fourth-order valence-electron chi connectivity index (χ4n) is 3.06. The van der Waals surface area contributed by atoms with Gasteiger partial charge >= 0.3 is 5.97 Å². The van der Waals surface area contributed by atoms with E-state index in [-0.39, 0.29) is 24.5 Å². The molecule has 5 atom stereocenters. The van der Waals surface area contributed by atoms with Gasteiger partial charge in [-0.1, -0.05) is 52.2 Å². The molecular weight excluding hydrogens is 344 g/mol. The lowest BCUT2D eigenvalue weighted by Gasteiger charge is -2.19. The molecule has 0 amide bonds. The van der Waals surface area contributed by atoms with E-state index in [1.165, 1.54) is 0 Å². The van der Waals surface area contributed by atoms with Gasteiger partial charge in [0.15, 0.2) is 11.9 Å².